The summed E-state index contributed by atoms with van der Waals surface area (Å²) in [5.41, 5.74) is 1.23. The second kappa shape index (κ2) is 6.25. The summed E-state index contributed by atoms with van der Waals surface area (Å²) >= 11 is 0. The number of likely N-dealkylation sites (N-methyl/N-ethyl adjacent to an activating group) is 1. The molecule has 2 atom stereocenters. The van der Waals surface area contributed by atoms with Gasteiger partial charge in [-0.2, -0.15) is 0 Å². The second-order valence-corrected chi connectivity index (χ2v) is 7.82. The van der Waals surface area contributed by atoms with Crippen molar-refractivity contribution in [1.82, 2.24) is 9.80 Å². The van der Waals surface area contributed by atoms with Gasteiger partial charge in [0.2, 0.25) is 0 Å². The molecule has 0 bridgehead atoms. The fraction of sp³-hybridized carbons (Fsp3) is 0.632. The molecule has 2 saturated heterocycles. The van der Waals surface area contributed by atoms with Gasteiger partial charge in [-0.15, -0.1) is 0 Å². The average Bonchev–Trinajstić information content (AvgIpc) is 3.07. The minimum absolute atomic E-state index is 0.151. The van der Waals surface area contributed by atoms with Crippen LogP contribution in [-0.4, -0.2) is 59.1 Å². The van der Waals surface area contributed by atoms with E-state index in [1.165, 1.54) is 6.42 Å². The Morgan fingerprint density at radius 2 is 2.13 bits per heavy atom. The molecular weight excluding hydrogens is 288 g/mol. The van der Waals surface area contributed by atoms with Crippen LogP contribution in [0.1, 0.15) is 42.6 Å². The molecule has 4 heteroatoms. The molecule has 4 nitrogen and oxygen atoms in total. The molecule has 3 rings (SSSR count). The van der Waals surface area contributed by atoms with E-state index >= 15 is 0 Å². The first-order valence-corrected chi connectivity index (χ1v) is 8.64. The van der Waals surface area contributed by atoms with E-state index in [1.807, 2.05) is 43.0 Å². The third kappa shape index (κ3) is 3.75. The highest BCUT2D eigenvalue weighted by molar-refractivity contribution is 5.94. The number of carbonyl (C=O) groups excluding carboxylic acids is 1. The lowest BCUT2D eigenvalue weighted by Gasteiger charge is -2.21. The Morgan fingerprint density at radius 3 is 2.83 bits per heavy atom. The standard InChI is InChI=1S/C19H28N2O2/c1-19(2,23)9-7-14-5-4-6-15(11-14)18(22)21-12-16-8-10-20(3)17(16)13-21/h4-6,11,16-17,23H,7-10,12-13H2,1-3H3/t16-,17+/m0/s1. The summed E-state index contributed by atoms with van der Waals surface area (Å²) in [6.45, 7) is 6.54. The van der Waals surface area contributed by atoms with Gasteiger partial charge in [0, 0.05) is 24.7 Å². The van der Waals surface area contributed by atoms with Crippen molar-refractivity contribution in [3.05, 3.63) is 35.4 Å². The lowest BCUT2D eigenvalue weighted by atomic mass is 9.98. The van der Waals surface area contributed by atoms with E-state index in [-0.39, 0.29) is 5.91 Å². The monoisotopic (exact) mass is 316 g/mol. The number of aryl methyl sites for hydroxylation is 1. The third-order valence-electron chi connectivity index (χ3n) is 5.31. The maximum atomic E-state index is 12.8. The van der Waals surface area contributed by atoms with E-state index in [0.29, 0.717) is 18.4 Å². The zero-order chi connectivity index (χ0) is 16.6. The minimum atomic E-state index is -0.670. The maximum absolute atomic E-state index is 12.8. The summed E-state index contributed by atoms with van der Waals surface area (Å²) in [4.78, 5) is 17.2. The van der Waals surface area contributed by atoms with Crippen LogP contribution in [-0.2, 0) is 6.42 Å². The van der Waals surface area contributed by atoms with Crippen LogP contribution in [0.15, 0.2) is 24.3 Å². The molecule has 1 aromatic carbocycles. The topological polar surface area (TPSA) is 43.8 Å². The molecule has 1 aromatic rings. The first-order chi connectivity index (χ1) is 10.8. The number of likely N-dealkylation sites (tertiary alicyclic amines) is 2. The van der Waals surface area contributed by atoms with E-state index < -0.39 is 5.60 Å². The molecular formula is C19H28N2O2. The van der Waals surface area contributed by atoms with Gasteiger partial charge in [0.15, 0.2) is 0 Å². The summed E-state index contributed by atoms with van der Waals surface area (Å²) in [7, 11) is 2.16. The van der Waals surface area contributed by atoms with Crippen LogP contribution >= 0.6 is 0 Å². The summed E-state index contributed by atoms with van der Waals surface area (Å²) in [5, 5.41) is 9.87. The van der Waals surface area contributed by atoms with Gasteiger partial charge in [0.05, 0.1) is 5.60 Å². The second-order valence-electron chi connectivity index (χ2n) is 7.82. The Balaban J connectivity index is 1.66. The molecule has 23 heavy (non-hydrogen) atoms. The molecule has 0 radical (unpaired) electrons. The molecule has 2 aliphatic heterocycles. The van der Waals surface area contributed by atoms with Crippen LogP contribution in [0.25, 0.3) is 0 Å². The molecule has 0 aromatic heterocycles. The molecule has 1 N–H and O–H groups in total. The Kier molecular flexibility index (Phi) is 4.47. The number of carbonyl (C=O) groups is 1. The maximum Gasteiger partial charge on any atom is 0.253 e. The highest BCUT2D eigenvalue weighted by Gasteiger charge is 2.41. The number of rotatable bonds is 4. The van der Waals surface area contributed by atoms with Crippen LogP contribution in [0.2, 0.25) is 0 Å². The van der Waals surface area contributed by atoms with E-state index in [0.717, 1.165) is 37.2 Å². The van der Waals surface area contributed by atoms with Gasteiger partial charge in [-0.05, 0) is 70.3 Å². The zero-order valence-electron chi connectivity index (χ0n) is 14.5. The van der Waals surface area contributed by atoms with Crippen molar-refractivity contribution in [2.75, 3.05) is 26.7 Å². The fourth-order valence-corrected chi connectivity index (χ4v) is 3.83. The summed E-state index contributed by atoms with van der Waals surface area (Å²) in [6.07, 6.45) is 2.69. The van der Waals surface area contributed by atoms with Crippen molar-refractivity contribution in [2.45, 2.75) is 44.8 Å². The van der Waals surface area contributed by atoms with E-state index in [4.69, 9.17) is 0 Å². The van der Waals surface area contributed by atoms with Gasteiger partial charge in [-0.3, -0.25) is 4.79 Å². The largest absolute Gasteiger partial charge is 0.390 e. The SMILES string of the molecule is CN1CC[C@H]2CN(C(=O)c3cccc(CCC(C)(C)O)c3)C[C@H]21. The smallest absolute Gasteiger partial charge is 0.253 e. The Morgan fingerprint density at radius 1 is 1.35 bits per heavy atom. The molecule has 2 fully saturated rings. The van der Waals surface area contributed by atoms with Crippen LogP contribution < -0.4 is 0 Å². The van der Waals surface area contributed by atoms with Crippen molar-refractivity contribution >= 4 is 5.91 Å². The van der Waals surface area contributed by atoms with Crippen molar-refractivity contribution in [3.8, 4) is 0 Å². The first-order valence-electron chi connectivity index (χ1n) is 8.64. The molecule has 2 aliphatic rings. The van der Waals surface area contributed by atoms with E-state index in [2.05, 4.69) is 11.9 Å². The number of aliphatic hydroxyl groups is 1. The summed E-state index contributed by atoms with van der Waals surface area (Å²) in [5.74, 6) is 0.792. The molecule has 2 heterocycles. The van der Waals surface area contributed by atoms with Crippen molar-refractivity contribution in [3.63, 3.8) is 0 Å². The van der Waals surface area contributed by atoms with Crippen LogP contribution in [0.5, 0.6) is 0 Å². The number of hydrogen-bond acceptors (Lipinski definition) is 3. The predicted octanol–water partition coefficient (Wildman–Crippen LogP) is 2.17. The number of fused-ring (bicyclic) bond motifs is 1. The minimum Gasteiger partial charge on any atom is -0.390 e. The molecule has 0 unspecified atom stereocenters. The first kappa shape index (κ1) is 16.5. The summed E-state index contributed by atoms with van der Waals surface area (Å²) in [6, 6.07) is 8.43. The van der Waals surface area contributed by atoms with Gasteiger partial charge in [-0.1, -0.05) is 12.1 Å². The van der Waals surface area contributed by atoms with Gasteiger partial charge in [-0.25, -0.2) is 0 Å². The molecule has 0 aliphatic carbocycles. The number of amides is 1. The highest BCUT2D eigenvalue weighted by atomic mass is 16.3. The molecule has 126 valence electrons. The highest BCUT2D eigenvalue weighted by Crippen LogP contribution is 2.31. The van der Waals surface area contributed by atoms with Crippen LogP contribution in [0.3, 0.4) is 0 Å². The average molecular weight is 316 g/mol. The zero-order valence-corrected chi connectivity index (χ0v) is 14.5. The van der Waals surface area contributed by atoms with Gasteiger partial charge >= 0.3 is 0 Å². The number of nitrogens with zero attached hydrogens (tertiary/aromatic N) is 2. The van der Waals surface area contributed by atoms with E-state index in [9.17, 15) is 9.90 Å². The van der Waals surface area contributed by atoms with Crippen LogP contribution in [0.4, 0.5) is 0 Å². The summed E-state index contributed by atoms with van der Waals surface area (Å²) < 4.78 is 0. The Bertz CT molecular complexity index is 579. The number of hydrogen-bond donors (Lipinski definition) is 1. The van der Waals surface area contributed by atoms with Gasteiger partial charge in [0.25, 0.3) is 5.91 Å². The lowest BCUT2D eigenvalue weighted by molar-refractivity contribution is 0.0714. The Labute approximate surface area is 139 Å². The van der Waals surface area contributed by atoms with Gasteiger partial charge < -0.3 is 14.9 Å². The van der Waals surface area contributed by atoms with E-state index in [1.54, 1.807) is 0 Å². The normalized spacial score (nSPS) is 25.0. The quantitative estimate of drug-likeness (QED) is 0.926. The molecule has 0 saturated carbocycles. The fourth-order valence-electron chi connectivity index (χ4n) is 3.83. The van der Waals surface area contributed by atoms with Crippen molar-refractivity contribution < 1.29 is 9.90 Å². The molecule has 0 spiro atoms. The number of benzene rings is 1. The van der Waals surface area contributed by atoms with Gasteiger partial charge in [0.1, 0.15) is 0 Å². The Hall–Kier alpha value is -1.39. The van der Waals surface area contributed by atoms with Crippen LogP contribution in [0, 0.1) is 5.92 Å². The molecule has 1 amide bonds. The third-order valence-corrected chi connectivity index (χ3v) is 5.31. The lowest BCUT2D eigenvalue weighted by Crippen LogP contribution is -2.35. The van der Waals surface area contributed by atoms with Crippen molar-refractivity contribution in [2.24, 2.45) is 5.92 Å². The predicted molar refractivity (Wildman–Crippen MR) is 91.5 cm³/mol. The van der Waals surface area contributed by atoms with Crippen molar-refractivity contribution in [1.29, 1.82) is 0 Å².